The number of benzene rings is 1. The second kappa shape index (κ2) is 12.9. The van der Waals surface area contributed by atoms with Crippen LogP contribution in [0.5, 0.6) is 0 Å². The molecule has 242 valence electrons. The van der Waals surface area contributed by atoms with Crippen LogP contribution in [0.25, 0.3) is 21.3 Å². The molecule has 1 aromatic carbocycles. The Kier molecular flexibility index (Phi) is 8.69. The van der Waals surface area contributed by atoms with Gasteiger partial charge in [-0.25, -0.2) is 14.2 Å². The number of amides is 3. The van der Waals surface area contributed by atoms with E-state index < -0.39 is 29.5 Å². The zero-order valence-electron chi connectivity index (χ0n) is 26.3. The van der Waals surface area contributed by atoms with E-state index in [0.29, 0.717) is 51.3 Å². The maximum absolute atomic E-state index is 15.8. The number of piperidine rings is 1. The van der Waals surface area contributed by atoms with E-state index >= 15 is 4.39 Å². The number of hydrogen-bond donors (Lipinski definition) is 1. The zero-order valence-corrected chi connectivity index (χ0v) is 27.1. The van der Waals surface area contributed by atoms with E-state index in [2.05, 4.69) is 25.6 Å². The van der Waals surface area contributed by atoms with Crippen LogP contribution in [0.3, 0.4) is 0 Å². The van der Waals surface area contributed by atoms with E-state index in [1.807, 2.05) is 0 Å². The predicted molar refractivity (Wildman–Crippen MR) is 176 cm³/mol. The van der Waals surface area contributed by atoms with E-state index in [1.54, 1.807) is 87.8 Å². The quantitative estimate of drug-likeness (QED) is 0.238. The summed E-state index contributed by atoms with van der Waals surface area (Å²) in [5, 5.41) is 11.4. The van der Waals surface area contributed by atoms with Crippen molar-refractivity contribution in [2.45, 2.75) is 45.3 Å². The van der Waals surface area contributed by atoms with Crippen LogP contribution in [0.1, 0.15) is 53.6 Å². The van der Waals surface area contributed by atoms with Crippen molar-refractivity contribution in [3.63, 3.8) is 0 Å². The number of carbonyl (C=O) groups is 3. The van der Waals surface area contributed by atoms with Gasteiger partial charge in [0.25, 0.3) is 11.8 Å². The van der Waals surface area contributed by atoms with Crippen molar-refractivity contribution < 1.29 is 23.5 Å². The van der Waals surface area contributed by atoms with E-state index in [9.17, 15) is 14.4 Å². The van der Waals surface area contributed by atoms with Gasteiger partial charge in [0.15, 0.2) is 0 Å². The van der Waals surface area contributed by atoms with E-state index in [-0.39, 0.29) is 23.8 Å². The summed E-state index contributed by atoms with van der Waals surface area (Å²) in [5.41, 5.74) is 0.643. The molecule has 1 aliphatic heterocycles. The third-order valence-corrected chi connectivity index (χ3v) is 8.64. The Balaban J connectivity index is 1.39. The molecule has 5 heterocycles. The number of nitrogens with one attached hydrogen (secondary N) is 1. The third kappa shape index (κ3) is 6.97. The first kappa shape index (κ1) is 31.7. The van der Waals surface area contributed by atoms with Crippen LogP contribution in [-0.4, -0.2) is 72.5 Å². The van der Waals surface area contributed by atoms with Crippen molar-refractivity contribution in [3.05, 3.63) is 83.5 Å². The van der Waals surface area contributed by atoms with Crippen LogP contribution in [0.2, 0.25) is 0 Å². The fourth-order valence-corrected chi connectivity index (χ4v) is 6.38. The number of pyridine rings is 2. The monoisotopic (exact) mass is 656 g/mol. The van der Waals surface area contributed by atoms with Gasteiger partial charge in [0.1, 0.15) is 22.9 Å². The predicted octanol–water partition coefficient (Wildman–Crippen LogP) is 5.92. The van der Waals surface area contributed by atoms with Crippen molar-refractivity contribution >= 4 is 50.8 Å². The molecule has 0 radical (unpaired) electrons. The van der Waals surface area contributed by atoms with E-state index in [4.69, 9.17) is 4.74 Å². The van der Waals surface area contributed by atoms with Gasteiger partial charge in [-0.05, 0) is 70.0 Å². The molecule has 1 fully saturated rings. The highest BCUT2D eigenvalue weighted by atomic mass is 32.1. The number of hydrogen-bond acceptors (Lipinski definition) is 9. The van der Waals surface area contributed by atoms with Crippen molar-refractivity contribution in [2.24, 2.45) is 7.05 Å². The van der Waals surface area contributed by atoms with Gasteiger partial charge in [0, 0.05) is 60.1 Å². The molecule has 4 aromatic heterocycles. The van der Waals surface area contributed by atoms with Gasteiger partial charge in [0.2, 0.25) is 0 Å². The summed E-state index contributed by atoms with van der Waals surface area (Å²) in [7, 11) is 1.71. The minimum Gasteiger partial charge on any atom is -0.444 e. The second-order valence-corrected chi connectivity index (χ2v) is 13.3. The molecule has 14 heteroatoms. The van der Waals surface area contributed by atoms with Gasteiger partial charge < -0.3 is 15.0 Å². The number of rotatable bonds is 6. The Labute approximate surface area is 274 Å². The SMILES string of the molecule is Cn1cc(-c2ccc(C(=O)N(c3nccc4sc(C(=O)Nc5ccncc5)cc34)[C@@H]3CCCN(C(=O)OC(C)(C)C)C3)c(F)c2)nn1. The zero-order chi connectivity index (χ0) is 33.3. The number of anilines is 2. The molecule has 47 heavy (non-hydrogen) atoms. The topological polar surface area (TPSA) is 135 Å². The number of thiophene rings is 1. The largest absolute Gasteiger partial charge is 0.444 e. The highest BCUT2D eigenvalue weighted by molar-refractivity contribution is 7.21. The molecule has 6 rings (SSSR count). The number of nitrogens with zero attached hydrogens (tertiary/aromatic N) is 7. The van der Waals surface area contributed by atoms with E-state index in [1.165, 1.54) is 33.1 Å². The van der Waals surface area contributed by atoms with Gasteiger partial charge in [-0.2, -0.15) is 0 Å². The number of fused-ring (bicyclic) bond motifs is 1. The highest BCUT2D eigenvalue weighted by Crippen LogP contribution is 2.36. The van der Waals surface area contributed by atoms with Crippen molar-refractivity contribution in [2.75, 3.05) is 23.3 Å². The fraction of sp³-hybridized carbons (Fsp3) is 0.303. The van der Waals surface area contributed by atoms with Crippen molar-refractivity contribution in [1.29, 1.82) is 0 Å². The van der Waals surface area contributed by atoms with Gasteiger partial charge in [-0.1, -0.05) is 11.3 Å². The lowest BCUT2D eigenvalue weighted by Crippen LogP contribution is -2.53. The first-order valence-electron chi connectivity index (χ1n) is 15.0. The normalized spacial score (nSPS) is 15.0. The van der Waals surface area contributed by atoms with Crippen molar-refractivity contribution in [3.8, 4) is 11.3 Å². The lowest BCUT2D eigenvalue weighted by molar-refractivity contribution is 0.0196. The average molecular weight is 657 g/mol. The highest BCUT2D eigenvalue weighted by Gasteiger charge is 2.36. The molecule has 0 saturated carbocycles. The number of aromatic nitrogens is 5. The smallest absolute Gasteiger partial charge is 0.410 e. The molecule has 3 amide bonds. The van der Waals surface area contributed by atoms with Gasteiger partial charge in [-0.15, -0.1) is 16.4 Å². The first-order chi connectivity index (χ1) is 22.5. The van der Waals surface area contributed by atoms with Crippen LogP contribution in [0, 0.1) is 5.82 Å². The molecular formula is C33H33FN8O4S. The summed E-state index contributed by atoms with van der Waals surface area (Å²) in [6.07, 6.45) is 6.99. The molecule has 0 unspecified atom stereocenters. The summed E-state index contributed by atoms with van der Waals surface area (Å²) < 4.78 is 23.6. The summed E-state index contributed by atoms with van der Waals surface area (Å²) in [6.45, 7) is 5.97. The van der Waals surface area contributed by atoms with E-state index in [0.717, 1.165) is 0 Å². The number of aryl methyl sites for hydroxylation is 1. The Morgan fingerprint density at radius 3 is 2.57 bits per heavy atom. The standard InChI is InChI=1S/C33H33FN8O4S/c1-33(2,3)46-32(45)41-15-5-6-22(18-41)42(31(44)23-8-7-20(16-25(23)34)26-19-40(4)39-38-26)29-24-17-28(47-27(24)11-14-36-29)30(43)37-21-9-12-35-13-10-21/h7-14,16-17,19,22H,5-6,15,18H2,1-4H3,(H,35,37,43)/t22-/m1/s1. The average Bonchev–Trinajstić information content (AvgIpc) is 3.68. The Hall–Kier alpha value is -5.24. The summed E-state index contributed by atoms with van der Waals surface area (Å²) in [5.74, 6) is -1.43. The molecule has 12 nitrogen and oxygen atoms in total. The Bertz CT molecular complexity index is 1960. The van der Waals surface area contributed by atoms with Gasteiger partial charge >= 0.3 is 6.09 Å². The number of ether oxygens (including phenoxy) is 1. The van der Waals surface area contributed by atoms with Crippen LogP contribution >= 0.6 is 11.3 Å². The second-order valence-electron chi connectivity index (χ2n) is 12.2. The molecule has 1 aliphatic rings. The molecule has 1 N–H and O–H groups in total. The molecular weight excluding hydrogens is 623 g/mol. The maximum Gasteiger partial charge on any atom is 0.410 e. The summed E-state index contributed by atoms with van der Waals surface area (Å²) in [4.78, 5) is 52.7. The van der Waals surface area contributed by atoms with Crippen LogP contribution in [-0.2, 0) is 11.8 Å². The third-order valence-electron chi connectivity index (χ3n) is 7.54. The summed E-state index contributed by atoms with van der Waals surface area (Å²) >= 11 is 1.25. The molecule has 0 spiro atoms. The Morgan fingerprint density at radius 2 is 1.87 bits per heavy atom. The fourth-order valence-electron chi connectivity index (χ4n) is 5.43. The van der Waals surface area contributed by atoms with Crippen LogP contribution < -0.4 is 10.2 Å². The molecule has 0 bridgehead atoms. The maximum atomic E-state index is 15.8. The molecule has 5 aromatic rings. The van der Waals surface area contributed by atoms with Gasteiger partial charge in [0.05, 0.1) is 22.7 Å². The lowest BCUT2D eigenvalue weighted by atomic mass is 10.0. The lowest BCUT2D eigenvalue weighted by Gasteiger charge is -2.39. The molecule has 0 aliphatic carbocycles. The molecule has 1 saturated heterocycles. The number of carbonyl (C=O) groups excluding carboxylic acids is 3. The van der Waals surface area contributed by atoms with Gasteiger partial charge in [-0.3, -0.25) is 24.2 Å². The number of halogens is 1. The first-order valence-corrected chi connectivity index (χ1v) is 15.9. The molecule has 1 atom stereocenters. The minimum atomic E-state index is -0.738. The van der Waals surface area contributed by atoms with Crippen molar-refractivity contribution in [1.82, 2.24) is 29.9 Å². The minimum absolute atomic E-state index is 0.150. The Morgan fingerprint density at radius 1 is 1.09 bits per heavy atom. The van der Waals surface area contributed by atoms with Crippen LogP contribution in [0.15, 0.2) is 67.3 Å². The summed E-state index contributed by atoms with van der Waals surface area (Å²) in [6, 6.07) is 10.5. The van der Waals surface area contributed by atoms with Crippen LogP contribution in [0.4, 0.5) is 20.7 Å². The number of likely N-dealkylation sites (tertiary alicyclic amines) is 1.